The molecule has 154 valence electrons. The van der Waals surface area contributed by atoms with E-state index in [1.165, 1.54) is 33.0 Å². The second-order valence-electron chi connectivity index (χ2n) is 7.86. The van der Waals surface area contributed by atoms with Gasteiger partial charge in [0.1, 0.15) is 0 Å². The highest BCUT2D eigenvalue weighted by Crippen LogP contribution is 2.40. The second-order valence-corrected chi connectivity index (χ2v) is 7.86. The molecule has 0 radical (unpaired) electrons. The molecule has 4 aromatic rings. The van der Waals surface area contributed by atoms with Crippen LogP contribution in [0.4, 0.5) is 0 Å². The van der Waals surface area contributed by atoms with Crippen LogP contribution in [-0.2, 0) is 0 Å². The zero-order chi connectivity index (χ0) is 20.5. The van der Waals surface area contributed by atoms with Crippen LogP contribution in [0.15, 0.2) is 84.6 Å². The molecule has 0 spiro atoms. The van der Waals surface area contributed by atoms with E-state index in [0.29, 0.717) is 0 Å². The van der Waals surface area contributed by atoms with Crippen LogP contribution in [0, 0.1) is 12.3 Å². The van der Waals surface area contributed by atoms with Gasteiger partial charge in [-0.1, -0.05) is 66.3 Å². The van der Waals surface area contributed by atoms with Crippen molar-refractivity contribution < 1.29 is 0 Å². The summed E-state index contributed by atoms with van der Waals surface area (Å²) in [6, 6.07) is 20.7. The van der Waals surface area contributed by atoms with E-state index < -0.39 is 0 Å². The van der Waals surface area contributed by atoms with Crippen molar-refractivity contribution in [1.29, 1.82) is 5.41 Å². The highest BCUT2D eigenvalue weighted by atomic mass is 35.5. The molecular weight excluding hydrogens is 402 g/mol. The topological polar surface area (TPSA) is 49.6 Å². The second kappa shape index (κ2) is 8.83. The number of fused-ring (bicyclic) bond motifs is 5. The van der Waals surface area contributed by atoms with Crippen LogP contribution in [-0.4, -0.2) is 15.9 Å². The summed E-state index contributed by atoms with van der Waals surface area (Å²) < 4.78 is 0. The predicted molar refractivity (Wildman–Crippen MR) is 132 cm³/mol. The summed E-state index contributed by atoms with van der Waals surface area (Å²) in [5, 5.41) is 19.9. The van der Waals surface area contributed by atoms with Gasteiger partial charge in [0.05, 0.1) is 11.7 Å². The molecule has 1 heterocycles. The molecule has 3 nitrogen and oxygen atoms in total. The van der Waals surface area contributed by atoms with E-state index >= 15 is 0 Å². The minimum Gasteiger partial charge on any atom is -0.304 e. The third-order valence-corrected chi connectivity index (χ3v) is 5.94. The molecule has 0 bridgehead atoms. The molecule has 2 aliphatic carbocycles. The minimum absolute atomic E-state index is 0. The first kappa shape index (κ1) is 21.0. The Labute approximate surface area is 188 Å². The van der Waals surface area contributed by atoms with Crippen LogP contribution >= 0.6 is 12.4 Å². The molecule has 0 fully saturated rings. The van der Waals surface area contributed by atoms with Crippen LogP contribution in [0.3, 0.4) is 0 Å². The molecule has 6 rings (SSSR count). The predicted octanol–water partition coefficient (Wildman–Crippen LogP) is 7.07. The number of rotatable bonds is 0. The highest BCUT2D eigenvalue weighted by molar-refractivity contribution is 6.17. The first-order chi connectivity index (χ1) is 14.7. The molecule has 31 heavy (non-hydrogen) atoms. The molecule has 3 aromatic carbocycles. The average molecular weight is 426 g/mol. The number of aryl methyl sites for hydroxylation is 1. The quantitative estimate of drug-likeness (QED) is 0.327. The van der Waals surface area contributed by atoms with Gasteiger partial charge in [0.15, 0.2) is 0 Å². The smallest absolute Gasteiger partial charge is 0.0929 e. The van der Waals surface area contributed by atoms with Crippen molar-refractivity contribution in [2.45, 2.75) is 26.2 Å². The number of nitrogens with one attached hydrogen (secondary N) is 1. The Hall–Kier alpha value is -3.30. The lowest BCUT2D eigenvalue weighted by molar-refractivity contribution is 0.935. The summed E-state index contributed by atoms with van der Waals surface area (Å²) in [5.74, 6) is 0. The first-order valence-corrected chi connectivity index (χ1v) is 10.4. The van der Waals surface area contributed by atoms with Gasteiger partial charge in [-0.15, -0.1) is 12.4 Å². The Kier molecular flexibility index (Phi) is 5.97. The van der Waals surface area contributed by atoms with Gasteiger partial charge >= 0.3 is 0 Å². The number of halogens is 1. The molecule has 1 aromatic heterocycles. The average Bonchev–Trinajstić information content (AvgIpc) is 2.79. The normalized spacial score (nSPS) is 14.4. The largest absolute Gasteiger partial charge is 0.304 e. The molecule has 1 N–H and O–H groups in total. The van der Waals surface area contributed by atoms with Crippen molar-refractivity contribution in [2.24, 2.45) is 0 Å². The number of nitrogens with zero attached hydrogens (tertiary/aromatic N) is 2. The number of hydrogen-bond donors (Lipinski definition) is 1. The van der Waals surface area contributed by atoms with E-state index in [0.717, 1.165) is 41.4 Å². The molecular formula is C27H24ClN3. The van der Waals surface area contributed by atoms with Crippen molar-refractivity contribution >= 4 is 45.4 Å². The van der Waals surface area contributed by atoms with E-state index in [9.17, 15) is 0 Å². The van der Waals surface area contributed by atoms with Crippen molar-refractivity contribution in [3.05, 3.63) is 101 Å². The Morgan fingerprint density at radius 1 is 0.903 bits per heavy atom. The van der Waals surface area contributed by atoms with Gasteiger partial charge in [-0.05, 0) is 59.4 Å². The number of benzene rings is 3. The number of aromatic nitrogens is 2. The Morgan fingerprint density at radius 3 is 2.61 bits per heavy atom. The maximum atomic E-state index is 8.51. The maximum Gasteiger partial charge on any atom is 0.0929 e. The summed E-state index contributed by atoms with van der Waals surface area (Å²) in [5.41, 5.74) is 8.23. The lowest BCUT2D eigenvalue weighted by Crippen LogP contribution is -2.14. The van der Waals surface area contributed by atoms with Gasteiger partial charge in [-0.2, -0.15) is 10.2 Å². The third kappa shape index (κ3) is 3.89. The Morgan fingerprint density at radius 2 is 1.74 bits per heavy atom. The Bertz CT molecular complexity index is 1290. The highest BCUT2D eigenvalue weighted by Gasteiger charge is 2.24. The minimum atomic E-state index is 0. The number of allylic oxidation sites excluding steroid dienone is 4. The summed E-state index contributed by atoms with van der Waals surface area (Å²) >= 11 is 0. The van der Waals surface area contributed by atoms with Crippen molar-refractivity contribution in [2.75, 3.05) is 0 Å². The molecule has 2 aliphatic rings. The van der Waals surface area contributed by atoms with Crippen LogP contribution < -0.4 is 0 Å². The van der Waals surface area contributed by atoms with Crippen molar-refractivity contribution in [3.63, 3.8) is 0 Å². The van der Waals surface area contributed by atoms with Crippen LogP contribution in [0.2, 0.25) is 0 Å². The zero-order valence-corrected chi connectivity index (χ0v) is 18.2. The molecule has 0 unspecified atom stereocenters. The zero-order valence-electron chi connectivity index (χ0n) is 17.4. The summed E-state index contributed by atoms with van der Waals surface area (Å²) in [7, 11) is 0. The van der Waals surface area contributed by atoms with Crippen molar-refractivity contribution in [1.82, 2.24) is 10.2 Å². The monoisotopic (exact) mass is 425 g/mol. The van der Waals surface area contributed by atoms with Gasteiger partial charge < -0.3 is 5.41 Å². The third-order valence-electron chi connectivity index (χ3n) is 5.94. The van der Waals surface area contributed by atoms with Crippen LogP contribution in [0.1, 0.15) is 36.0 Å². The number of hydrogen-bond acceptors (Lipinski definition) is 3. The standard InChI is InChI=1S/C19H17N.C8H6N2.ClH/c1-12-5-4-7-13-9-10-16-15-8-3-2-6-14(15)11-17(20)19(16)18(12)13;1-2-4-8-7(3-1)5-6-9-10-8;/h3-5,7-10,20H,2,6,11H2,1H3;1-6H;1H. The van der Waals surface area contributed by atoms with Gasteiger partial charge in [0, 0.05) is 23.1 Å². The summed E-state index contributed by atoms with van der Waals surface area (Å²) in [6.07, 6.45) is 9.27. The molecule has 0 aliphatic heterocycles. The summed E-state index contributed by atoms with van der Waals surface area (Å²) in [6.45, 7) is 2.15. The van der Waals surface area contributed by atoms with E-state index in [1.54, 1.807) is 6.20 Å². The van der Waals surface area contributed by atoms with E-state index in [-0.39, 0.29) is 12.4 Å². The van der Waals surface area contributed by atoms with Gasteiger partial charge in [0.2, 0.25) is 0 Å². The van der Waals surface area contributed by atoms with E-state index in [1.807, 2.05) is 30.3 Å². The van der Waals surface area contributed by atoms with E-state index in [2.05, 4.69) is 59.6 Å². The van der Waals surface area contributed by atoms with Gasteiger partial charge in [-0.3, -0.25) is 0 Å². The van der Waals surface area contributed by atoms with Crippen molar-refractivity contribution in [3.8, 4) is 0 Å². The fourth-order valence-electron chi connectivity index (χ4n) is 4.51. The van der Waals surface area contributed by atoms with Gasteiger partial charge in [-0.25, -0.2) is 0 Å². The van der Waals surface area contributed by atoms with Crippen LogP contribution in [0.5, 0.6) is 0 Å². The molecule has 4 heteroatoms. The molecule has 0 atom stereocenters. The van der Waals surface area contributed by atoms with Crippen LogP contribution in [0.25, 0.3) is 27.2 Å². The lowest BCUT2D eigenvalue weighted by Gasteiger charge is -2.26. The first-order valence-electron chi connectivity index (χ1n) is 10.4. The van der Waals surface area contributed by atoms with Gasteiger partial charge in [0.25, 0.3) is 0 Å². The lowest BCUT2D eigenvalue weighted by atomic mass is 9.78. The molecule has 0 saturated heterocycles. The summed E-state index contributed by atoms with van der Waals surface area (Å²) in [4.78, 5) is 0. The SMILES string of the molecule is Cc1cccc2ccc3c(c12)C(=N)CC1=C3C=CCC1.Cl.c1ccc2nnccc2c1. The Balaban J connectivity index is 0.000000178. The molecule has 0 amide bonds. The maximum absolute atomic E-state index is 8.51. The fourth-order valence-corrected chi connectivity index (χ4v) is 4.51. The molecule has 0 saturated carbocycles. The van der Waals surface area contributed by atoms with E-state index in [4.69, 9.17) is 5.41 Å². The fraction of sp³-hybridized carbons (Fsp3) is 0.148.